The van der Waals surface area contributed by atoms with E-state index in [-0.39, 0.29) is 0 Å². The van der Waals surface area contributed by atoms with Crippen LogP contribution in [0.25, 0.3) is 87.7 Å². The minimum absolute atomic E-state index is 0.395. The van der Waals surface area contributed by atoms with Gasteiger partial charge in [-0.05, 0) is 86.3 Å². The number of hydrogen-bond donors (Lipinski definition) is 1. The summed E-state index contributed by atoms with van der Waals surface area (Å²) in [6.07, 6.45) is -0.395. The van der Waals surface area contributed by atoms with Crippen LogP contribution in [0.2, 0.25) is 0 Å². The number of benzene rings is 9. The summed E-state index contributed by atoms with van der Waals surface area (Å²) in [5.41, 5.74) is 10.7. The maximum atomic E-state index is 6.76. The van der Waals surface area contributed by atoms with Gasteiger partial charge in [-0.3, -0.25) is 0 Å². The molecule has 0 bridgehead atoms. The number of hydrogen-bond acceptors (Lipinski definition) is 5. The van der Waals surface area contributed by atoms with Gasteiger partial charge in [-0.15, -0.1) is 0 Å². The first-order valence-corrected chi connectivity index (χ1v) is 19.6. The molecule has 11 aromatic rings. The van der Waals surface area contributed by atoms with Gasteiger partial charge >= 0.3 is 0 Å². The molecular weight excluding hydrogens is 711 g/mol. The lowest BCUT2D eigenvalue weighted by molar-refractivity contribution is 0.667. The molecule has 5 heteroatoms. The van der Waals surface area contributed by atoms with E-state index in [0.717, 1.165) is 82.9 Å². The highest BCUT2D eigenvalue weighted by molar-refractivity contribution is 6.24. The zero-order chi connectivity index (χ0) is 38.2. The Hall–Kier alpha value is -7.76. The Morgan fingerprint density at radius 1 is 0.414 bits per heavy atom. The van der Waals surface area contributed by atoms with Gasteiger partial charge in [0.1, 0.15) is 34.3 Å². The average Bonchev–Trinajstić information content (AvgIpc) is 3.87. The summed E-state index contributed by atoms with van der Waals surface area (Å²) in [6, 6.07) is 65.8. The van der Waals surface area contributed by atoms with Gasteiger partial charge in [-0.25, -0.2) is 9.98 Å². The largest absolute Gasteiger partial charge is 0.456 e. The van der Waals surface area contributed by atoms with Crippen LogP contribution in [-0.4, -0.2) is 11.7 Å². The zero-order valence-electron chi connectivity index (χ0n) is 31.2. The fourth-order valence-electron chi connectivity index (χ4n) is 8.69. The van der Waals surface area contributed by atoms with E-state index in [1.165, 1.54) is 27.3 Å². The molecule has 0 saturated heterocycles. The first-order valence-electron chi connectivity index (χ1n) is 19.6. The predicted molar refractivity (Wildman–Crippen MR) is 239 cm³/mol. The van der Waals surface area contributed by atoms with E-state index >= 15 is 0 Å². The molecule has 0 fully saturated rings. The Balaban J connectivity index is 1.01. The topological polar surface area (TPSA) is 63.0 Å². The molecule has 1 atom stereocenters. The lowest BCUT2D eigenvalue weighted by Gasteiger charge is -2.24. The molecule has 12 rings (SSSR count). The van der Waals surface area contributed by atoms with Gasteiger partial charge in [0, 0.05) is 38.2 Å². The number of furan rings is 2. The Kier molecular flexibility index (Phi) is 7.23. The predicted octanol–water partition coefficient (Wildman–Crippen LogP) is 13.6. The first-order chi connectivity index (χ1) is 28.7. The molecule has 3 heterocycles. The van der Waals surface area contributed by atoms with E-state index in [9.17, 15) is 0 Å². The summed E-state index contributed by atoms with van der Waals surface area (Å²) in [4.78, 5) is 10.6. The molecule has 5 nitrogen and oxygen atoms in total. The van der Waals surface area contributed by atoms with Crippen molar-refractivity contribution in [2.24, 2.45) is 9.98 Å². The van der Waals surface area contributed by atoms with Crippen LogP contribution in [-0.2, 0) is 0 Å². The van der Waals surface area contributed by atoms with Crippen molar-refractivity contribution in [3.05, 3.63) is 205 Å². The Labute approximate surface area is 333 Å². The van der Waals surface area contributed by atoms with Crippen molar-refractivity contribution in [3.8, 4) is 22.3 Å². The van der Waals surface area contributed by atoms with E-state index in [4.69, 9.17) is 18.8 Å². The fourth-order valence-corrected chi connectivity index (χ4v) is 8.69. The molecule has 0 radical (unpaired) electrons. The van der Waals surface area contributed by atoms with E-state index in [1.807, 2.05) is 30.3 Å². The molecule has 9 aromatic carbocycles. The lowest BCUT2D eigenvalue weighted by Crippen LogP contribution is -2.33. The second-order valence-corrected chi connectivity index (χ2v) is 14.9. The minimum atomic E-state index is -0.395. The molecule has 0 spiro atoms. The van der Waals surface area contributed by atoms with Crippen LogP contribution >= 0.6 is 0 Å². The van der Waals surface area contributed by atoms with E-state index in [2.05, 4.69) is 163 Å². The third kappa shape index (κ3) is 5.25. The molecule has 1 aliphatic heterocycles. The highest BCUT2D eigenvalue weighted by atomic mass is 16.3. The number of aliphatic imine (C=N–C) groups is 2. The fraction of sp³-hybridized carbons (Fsp3) is 0.0189. The number of para-hydroxylation sites is 2. The SMILES string of the molecule is c1ccc2cc(C3N=C(c4ccc5c(c4)oc4ccccc45)N=C(c4ccc(-c5ccc(-c6cccc7ccccc67)cc5)c5oc6ccccc6c45)N3)ccc2c1. The van der Waals surface area contributed by atoms with Crippen molar-refractivity contribution < 1.29 is 8.83 Å². The van der Waals surface area contributed by atoms with Crippen molar-refractivity contribution in [3.63, 3.8) is 0 Å². The summed E-state index contributed by atoms with van der Waals surface area (Å²) in [7, 11) is 0. The van der Waals surface area contributed by atoms with Gasteiger partial charge in [0.2, 0.25) is 0 Å². The molecule has 2 aromatic heterocycles. The van der Waals surface area contributed by atoms with Crippen LogP contribution in [0.15, 0.2) is 207 Å². The molecule has 0 saturated carbocycles. The monoisotopic (exact) mass is 743 g/mol. The molecule has 1 aliphatic rings. The number of rotatable bonds is 5. The molecular formula is C53H33N3O2. The summed E-state index contributed by atoms with van der Waals surface area (Å²) in [5.74, 6) is 1.35. The molecule has 0 amide bonds. The second kappa shape index (κ2) is 12.9. The number of amidine groups is 2. The summed E-state index contributed by atoms with van der Waals surface area (Å²) in [6.45, 7) is 0. The minimum Gasteiger partial charge on any atom is -0.456 e. The highest BCUT2D eigenvalue weighted by Crippen LogP contribution is 2.40. The van der Waals surface area contributed by atoms with Crippen LogP contribution in [0.3, 0.4) is 0 Å². The Morgan fingerprint density at radius 3 is 1.90 bits per heavy atom. The summed E-state index contributed by atoms with van der Waals surface area (Å²) >= 11 is 0. The molecule has 1 N–H and O–H groups in total. The smallest absolute Gasteiger partial charge is 0.159 e. The second-order valence-electron chi connectivity index (χ2n) is 14.9. The maximum absolute atomic E-state index is 6.76. The van der Waals surface area contributed by atoms with Gasteiger partial charge in [0.25, 0.3) is 0 Å². The van der Waals surface area contributed by atoms with E-state index < -0.39 is 6.17 Å². The Bertz CT molecular complexity index is 3490. The van der Waals surface area contributed by atoms with Crippen LogP contribution in [0, 0.1) is 0 Å². The Morgan fingerprint density at radius 2 is 1.05 bits per heavy atom. The molecule has 272 valence electrons. The average molecular weight is 744 g/mol. The van der Waals surface area contributed by atoms with Gasteiger partial charge in [0.05, 0.1) is 0 Å². The van der Waals surface area contributed by atoms with Crippen molar-refractivity contribution in [1.82, 2.24) is 5.32 Å². The quantitative estimate of drug-likeness (QED) is 0.191. The highest BCUT2D eigenvalue weighted by Gasteiger charge is 2.26. The van der Waals surface area contributed by atoms with Gasteiger partial charge < -0.3 is 14.2 Å². The molecule has 58 heavy (non-hydrogen) atoms. The van der Waals surface area contributed by atoms with E-state index in [1.54, 1.807) is 0 Å². The van der Waals surface area contributed by atoms with Crippen molar-refractivity contribution >= 4 is 77.1 Å². The zero-order valence-corrected chi connectivity index (χ0v) is 31.2. The standard InChI is InChI=1S/C53H33N3O2/c1-2-12-36-30-37(25-20-32(36)10-1)51-54-52(38-26-27-43-42-15-5-7-18-46(42)57-48(43)31-38)56-53(55-51)45-29-28-41(50-49(45)44-16-6-8-19-47(44)58-50)35-23-21-34(22-24-35)40-17-9-13-33-11-3-4-14-39(33)40/h1-31,51H,(H,54,55,56). The first kappa shape index (κ1) is 32.5. The van der Waals surface area contributed by atoms with Gasteiger partial charge in [-0.2, -0.15) is 0 Å². The number of fused-ring (bicyclic) bond motifs is 8. The van der Waals surface area contributed by atoms with Crippen molar-refractivity contribution in [2.75, 3.05) is 0 Å². The van der Waals surface area contributed by atoms with Crippen LogP contribution < -0.4 is 5.32 Å². The maximum Gasteiger partial charge on any atom is 0.159 e. The van der Waals surface area contributed by atoms with Gasteiger partial charge in [-0.1, -0.05) is 146 Å². The third-order valence-electron chi connectivity index (χ3n) is 11.5. The molecule has 1 unspecified atom stereocenters. The third-order valence-corrected chi connectivity index (χ3v) is 11.5. The number of nitrogens with zero attached hydrogens (tertiary/aromatic N) is 2. The number of nitrogens with one attached hydrogen (secondary N) is 1. The van der Waals surface area contributed by atoms with Crippen LogP contribution in [0.1, 0.15) is 22.9 Å². The van der Waals surface area contributed by atoms with Gasteiger partial charge in [0.15, 0.2) is 5.84 Å². The van der Waals surface area contributed by atoms with Crippen molar-refractivity contribution in [2.45, 2.75) is 6.17 Å². The van der Waals surface area contributed by atoms with Crippen LogP contribution in [0.5, 0.6) is 0 Å². The normalized spacial score (nSPS) is 14.4. The van der Waals surface area contributed by atoms with Crippen molar-refractivity contribution in [1.29, 1.82) is 0 Å². The van der Waals surface area contributed by atoms with E-state index in [0.29, 0.717) is 5.84 Å². The van der Waals surface area contributed by atoms with Crippen LogP contribution in [0.4, 0.5) is 0 Å². The lowest BCUT2D eigenvalue weighted by atomic mass is 9.94. The summed E-state index contributed by atoms with van der Waals surface area (Å²) in [5, 5.41) is 12.8. The molecule has 0 aliphatic carbocycles. The summed E-state index contributed by atoms with van der Waals surface area (Å²) < 4.78 is 13.1.